The Hall–Kier alpha value is -1.57. The van der Waals surface area contributed by atoms with Gasteiger partial charge in [-0.25, -0.2) is 23.1 Å². The molecule has 0 saturated carbocycles. The molecule has 6 nitrogen and oxygen atoms in total. The molecule has 1 N–H and O–H groups in total. The zero-order chi connectivity index (χ0) is 13.9. The van der Waals surface area contributed by atoms with Gasteiger partial charge in [-0.1, -0.05) is 6.07 Å². The van der Waals surface area contributed by atoms with Crippen LogP contribution in [0.3, 0.4) is 0 Å². The smallest absolute Gasteiger partial charge is 0.243 e. The lowest BCUT2D eigenvalue weighted by Crippen LogP contribution is -2.23. The lowest BCUT2D eigenvalue weighted by atomic mass is 10.2. The number of nitrogens with zero attached hydrogens (tertiary/aromatic N) is 3. The van der Waals surface area contributed by atoms with E-state index in [0.717, 1.165) is 23.7 Å². The molecule has 2 rings (SSSR count). The van der Waals surface area contributed by atoms with Crippen molar-refractivity contribution in [3.8, 4) is 0 Å². The average Bonchev–Trinajstić information content (AvgIpc) is 2.39. The minimum Gasteiger partial charge on any atom is -0.261 e. The fourth-order valence-electron chi connectivity index (χ4n) is 1.30. The molecule has 0 aliphatic rings. The van der Waals surface area contributed by atoms with E-state index in [-0.39, 0.29) is 16.7 Å². The summed E-state index contributed by atoms with van der Waals surface area (Å²) in [6.07, 6.45) is 3.94. The molecule has 0 aromatic carbocycles. The third-order valence-corrected chi connectivity index (χ3v) is 3.90. The number of nitrogens with one attached hydrogen (secondary N) is 1. The first-order valence-electron chi connectivity index (χ1n) is 5.36. The molecule has 100 valence electrons. The highest BCUT2D eigenvalue weighted by molar-refractivity contribution is 7.89. The molecule has 2 heterocycles. The SMILES string of the molecule is Cc1ccc(CNS(=O)(=O)c2cnc(Cl)nc2)cn1. The van der Waals surface area contributed by atoms with Crippen molar-refractivity contribution < 1.29 is 8.42 Å². The fourth-order valence-corrected chi connectivity index (χ4v) is 2.31. The van der Waals surface area contributed by atoms with Gasteiger partial charge in [0.2, 0.25) is 15.3 Å². The molecule has 0 fully saturated rings. The van der Waals surface area contributed by atoms with Gasteiger partial charge >= 0.3 is 0 Å². The summed E-state index contributed by atoms with van der Waals surface area (Å²) in [7, 11) is -3.65. The third kappa shape index (κ3) is 3.69. The first-order chi connectivity index (χ1) is 8.97. The molecular formula is C11H11ClN4O2S. The van der Waals surface area contributed by atoms with Gasteiger partial charge in [-0.3, -0.25) is 4.98 Å². The van der Waals surface area contributed by atoms with E-state index in [1.54, 1.807) is 6.20 Å². The Morgan fingerprint density at radius 2 is 1.84 bits per heavy atom. The molecule has 0 unspecified atom stereocenters. The van der Waals surface area contributed by atoms with Crippen molar-refractivity contribution in [1.29, 1.82) is 0 Å². The van der Waals surface area contributed by atoms with E-state index in [9.17, 15) is 8.42 Å². The molecule has 0 bridgehead atoms. The largest absolute Gasteiger partial charge is 0.261 e. The lowest BCUT2D eigenvalue weighted by Gasteiger charge is -2.06. The highest BCUT2D eigenvalue weighted by Crippen LogP contribution is 2.08. The number of rotatable bonds is 4. The topological polar surface area (TPSA) is 84.8 Å². The molecule has 0 amide bonds. The minimum absolute atomic E-state index is 0.00156. The summed E-state index contributed by atoms with van der Waals surface area (Å²) < 4.78 is 26.3. The van der Waals surface area contributed by atoms with Gasteiger partial charge in [0.25, 0.3) is 0 Å². The van der Waals surface area contributed by atoms with Crippen molar-refractivity contribution in [1.82, 2.24) is 19.7 Å². The van der Waals surface area contributed by atoms with Crippen LogP contribution < -0.4 is 4.72 Å². The number of aromatic nitrogens is 3. The predicted octanol–water partition coefficient (Wildman–Crippen LogP) is 1.31. The first kappa shape index (κ1) is 13.9. The Bertz CT molecular complexity index is 656. The summed E-state index contributed by atoms with van der Waals surface area (Å²) >= 11 is 5.50. The van der Waals surface area contributed by atoms with Crippen LogP contribution in [-0.2, 0) is 16.6 Å². The highest BCUT2D eigenvalue weighted by atomic mass is 35.5. The summed E-state index contributed by atoms with van der Waals surface area (Å²) in [6.45, 7) is 2.01. The zero-order valence-corrected chi connectivity index (χ0v) is 11.6. The van der Waals surface area contributed by atoms with Crippen LogP contribution in [0.1, 0.15) is 11.3 Å². The van der Waals surface area contributed by atoms with Crippen LogP contribution in [0.25, 0.3) is 0 Å². The van der Waals surface area contributed by atoms with Crippen molar-refractivity contribution >= 4 is 21.6 Å². The second-order valence-electron chi connectivity index (χ2n) is 3.82. The normalized spacial score (nSPS) is 11.5. The zero-order valence-electron chi connectivity index (χ0n) is 10.0. The quantitative estimate of drug-likeness (QED) is 0.860. The standard InChI is InChI=1S/C11H11ClN4O2S/c1-8-2-3-9(4-13-8)5-16-19(17,18)10-6-14-11(12)15-7-10/h2-4,6-7,16H,5H2,1H3. The number of pyridine rings is 1. The number of sulfonamides is 1. The Kier molecular flexibility index (Phi) is 4.08. The number of halogens is 1. The maximum absolute atomic E-state index is 11.9. The molecule has 2 aromatic rings. The maximum Gasteiger partial charge on any atom is 0.243 e. The Labute approximate surface area is 115 Å². The average molecular weight is 299 g/mol. The summed E-state index contributed by atoms with van der Waals surface area (Å²) in [6, 6.07) is 3.62. The van der Waals surface area contributed by atoms with Crippen molar-refractivity contribution in [2.45, 2.75) is 18.4 Å². The molecule has 0 atom stereocenters. The van der Waals surface area contributed by atoms with Crippen molar-refractivity contribution in [3.63, 3.8) is 0 Å². The molecule has 2 aromatic heterocycles. The van der Waals surface area contributed by atoms with Crippen LogP contribution in [-0.4, -0.2) is 23.4 Å². The first-order valence-corrected chi connectivity index (χ1v) is 7.22. The van der Waals surface area contributed by atoms with Crippen molar-refractivity contribution in [3.05, 3.63) is 47.3 Å². The molecule has 0 aliphatic carbocycles. The van der Waals surface area contributed by atoms with Gasteiger partial charge in [0.05, 0.1) is 12.4 Å². The lowest BCUT2D eigenvalue weighted by molar-refractivity contribution is 0.580. The van der Waals surface area contributed by atoms with E-state index >= 15 is 0 Å². The van der Waals surface area contributed by atoms with Crippen LogP contribution in [0.2, 0.25) is 5.28 Å². The van der Waals surface area contributed by atoms with Crippen LogP contribution >= 0.6 is 11.6 Å². The van der Waals surface area contributed by atoms with E-state index in [4.69, 9.17) is 11.6 Å². The van der Waals surface area contributed by atoms with Crippen LogP contribution in [0, 0.1) is 6.92 Å². The molecule has 0 spiro atoms. The van der Waals surface area contributed by atoms with Crippen molar-refractivity contribution in [2.24, 2.45) is 0 Å². The van der Waals surface area contributed by atoms with E-state index < -0.39 is 10.0 Å². The minimum atomic E-state index is -3.65. The fraction of sp³-hybridized carbons (Fsp3) is 0.182. The van der Waals surface area contributed by atoms with Gasteiger partial charge in [0.1, 0.15) is 4.90 Å². The molecule has 0 radical (unpaired) electrons. The maximum atomic E-state index is 11.9. The second kappa shape index (κ2) is 5.60. The predicted molar refractivity (Wildman–Crippen MR) is 70.0 cm³/mol. The summed E-state index contributed by atoms with van der Waals surface area (Å²) in [5.41, 5.74) is 1.64. The van der Waals surface area contributed by atoms with Crippen LogP contribution in [0.5, 0.6) is 0 Å². The Morgan fingerprint density at radius 3 is 2.42 bits per heavy atom. The Morgan fingerprint density at radius 1 is 1.16 bits per heavy atom. The summed E-state index contributed by atoms with van der Waals surface area (Å²) in [5.74, 6) is 0. The van der Waals surface area contributed by atoms with E-state index in [0.29, 0.717) is 0 Å². The summed E-state index contributed by atoms with van der Waals surface area (Å²) in [4.78, 5) is 11.3. The number of hydrogen-bond acceptors (Lipinski definition) is 5. The van der Waals surface area contributed by atoms with Crippen LogP contribution in [0.15, 0.2) is 35.6 Å². The van der Waals surface area contributed by atoms with Gasteiger partial charge in [0.15, 0.2) is 0 Å². The molecule has 8 heteroatoms. The van der Waals surface area contributed by atoms with E-state index in [2.05, 4.69) is 19.7 Å². The highest BCUT2D eigenvalue weighted by Gasteiger charge is 2.14. The Balaban J connectivity index is 2.09. The molecule has 0 saturated heterocycles. The third-order valence-electron chi connectivity index (χ3n) is 2.35. The molecular weight excluding hydrogens is 288 g/mol. The van der Waals surface area contributed by atoms with E-state index in [1.807, 2.05) is 19.1 Å². The molecule has 0 aliphatic heterocycles. The number of aryl methyl sites for hydroxylation is 1. The van der Waals surface area contributed by atoms with Crippen molar-refractivity contribution in [2.75, 3.05) is 0 Å². The molecule has 19 heavy (non-hydrogen) atoms. The van der Waals surface area contributed by atoms with E-state index in [1.165, 1.54) is 0 Å². The second-order valence-corrected chi connectivity index (χ2v) is 5.93. The van der Waals surface area contributed by atoms with Gasteiger partial charge in [-0.2, -0.15) is 0 Å². The summed E-state index contributed by atoms with van der Waals surface area (Å²) in [5, 5.41) is 0.00156. The van der Waals surface area contributed by atoms with Gasteiger partial charge in [0, 0.05) is 18.4 Å². The van der Waals surface area contributed by atoms with Gasteiger partial charge < -0.3 is 0 Å². The van der Waals surface area contributed by atoms with Gasteiger partial charge in [-0.05, 0) is 30.2 Å². The monoisotopic (exact) mass is 298 g/mol. The number of hydrogen-bond donors (Lipinski definition) is 1. The van der Waals surface area contributed by atoms with Crippen LogP contribution in [0.4, 0.5) is 0 Å². The van der Waals surface area contributed by atoms with Gasteiger partial charge in [-0.15, -0.1) is 0 Å².